The summed E-state index contributed by atoms with van der Waals surface area (Å²) in [5.74, 6) is -3.02. The number of alkyl halides is 2. The Labute approximate surface area is 411 Å². The van der Waals surface area contributed by atoms with E-state index >= 15 is 0 Å². The molecule has 6 aromatic rings. The molecule has 1 saturated carbocycles. The SMILES string of the molecule is CC(=O)N1CC(F)CC1C(=O)NC(c1ccc2cn[nH]c2c1)c1ccc(C2CC2)c(F)n1.COC(=O)NCc1cccc(C(NC(=O)C2CC(F)CN2C(=O)Cc2cnn[nH]2)c2ccc(C(C)C)c(F)n2)c1. The molecule has 4 aromatic heterocycles. The second kappa shape index (κ2) is 22.1. The predicted molar refractivity (Wildman–Crippen MR) is 252 cm³/mol. The van der Waals surface area contributed by atoms with Gasteiger partial charge in [-0.2, -0.15) is 13.9 Å². The third-order valence-corrected chi connectivity index (χ3v) is 12.9. The molecule has 378 valence electrons. The van der Waals surface area contributed by atoms with E-state index in [0.29, 0.717) is 39.2 Å². The van der Waals surface area contributed by atoms with Gasteiger partial charge in [0.2, 0.25) is 35.5 Å². The highest BCUT2D eigenvalue weighted by Crippen LogP contribution is 2.41. The highest BCUT2D eigenvalue weighted by Gasteiger charge is 2.42. The second-order valence-corrected chi connectivity index (χ2v) is 18.4. The summed E-state index contributed by atoms with van der Waals surface area (Å²) < 4.78 is 62.8. The number of amides is 5. The summed E-state index contributed by atoms with van der Waals surface area (Å²) in [5.41, 5.74) is 4.68. The summed E-state index contributed by atoms with van der Waals surface area (Å²) in [6.45, 7) is 4.81. The standard InChI is InChI=1S/C27H31F2N7O4.C23H23F2N5O2/c1-15(2)20-7-8-21(32-25(20)29)24(17-6-4-5-16(9-17)12-30-27(39)40-3)33-26(38)22-10-18(28)14-36(22)23(37)11-19-13-31-35-34-19;1-12(31)30-11-16(24)9-20(30)23(32)28-21(14-4-5-15-10-26-29-19(15)8-14)18-7-6-17(13-2-3-13)22(25)27-18/h4-9,13,15,18,22,24H,10-12,14H2,1-3H3,(H,30,39)(H,33,38)(H,31,34,35);4-8,10,13,16,20-21H,2-3,9,11H2,1H3,(H,26,29)(H,28,32). The van der Waals surface area contributed by atoms with Crippen molar-refractivity contribution in [1.29, 1.82) is 0 Å². The molecule has 6 heterocycles. The molecule has 0 radical (unpaired) electrons. The largest absolute Gasteiger partial charge is 0.453 e. The van der Waals surface area contributed by atoms with Gasteiger partial charge in [-0.05, 0) is 59.6 Å². The number of benzene rings is 2. The number of fused-ring (bicyclic) bond motifs is 1. The molecule has 5 N–H and O–H groups in total. The first kappa shape index (κ1) is 50.6. The molecular formula is C50H54F4N12O6. The number of alkyl carbamates (subject to hydrolysis) is 1. The zero-order chi connectivity index (χ0) is 51.2. The number of carbonyl (C=O) groups is 5. The van der Waals surface area contributed by atoms with Crippen molar-refractivity contribution in [1.82, 2.24) is 61.3 Å². The lowest BCUT2D eigenvalue weighted by Gasteiger charge is -2.27. The number of carbonyl (C=O) groups excluding carboxylic acids is 5. The van der Waals surface area contributed by atoms with Crippen molar-refractivity contribution in [3.05, 3.63) is 136 Å². The predicted octanol–water partition coefficient (Wildman–Crippen LogP) is 5.84. The number of hydrogen-bond donors (Lipinski definition) is 5. The minimum atomic E-state index is -1.38. The van der Waals surface area contributed by atoms with E-state index in [1.807, 2.05) is 32.0 Å². The fraction of sp³-hybridized carbons (Fsp3) is 0.400. The number of methoxy groups -OCH3 is 1. The number of aromatic amines is 2. The molecule has 22 heteroatoms. The number of halogens is 4. The van der Waals surface area contributed by atoms with Crippen LogP contribution in [0.3, 0.4) is 0 Å². The molecule has 3 fully saturated rings. The lowest BCUT2D eigenvalue weighted by atomic mass is 9.98. The van der Waals surface area contributed by atoms with Crippen molar-refractivity contribution >= 4 is 40.6 Å². The number of nitrogens with one attached hydrogen (secondary N) is 5. The third-order valence-electron chi connectivity index (χ3n) is 12.9. The van der Waals surface area contributed by atoms with E-state index < -0.39 is 72.2 Å². The molecule has 2 saturated heterocycles. The fourth-order valence-electron chi connectivity index (χ4n) is 9.03. The molecule has 2 aromatic carbocycles. The van der Waals surface area contributed by atoms with E-state index in [1.54, 1.807) is 54.7 Å². The Hall–Kier alpha value is -7.78. The van der Waals surface area contributed by atoms with Gasteiger partial charge in [-0.15, -0.1) is 5.10 Å². The van der Waals surface area contributed by atoms with Gasteiger partial charge in [-0.3, -0.25) is 29.4 Å². The van der Waals surface area contributed by atoms with Crippen LogP contribution in [-0.2, 0) is 36.9 Å². The van der Waals surface area contributed by atoms with Gasteiger partial charge in [0.25, 0.3) is 0 Å². The summed E-state index contributed by atoms with van der Waals surface area (Å²) >= 11 is 0. The number of ether oxygens (including phenoxy) is 1. The second-order valence-electron chi connectivity index (χ2n) is 18.4. The van der Waals surface area contributed by atoms with Crippen LogP contribution in [0.25, 0.3) is 10.9 Å². The van der Waals surface area contributed by atoms with Crippen molar-refractivity contribution < 1.29 is 46.3 Å². The summed E-state index contributed by atoms with van der Waals surface area (Å²) in [4.78, 5) is 73.8. The maximum absolute atomic E-state index is 14.9. The number of likely N-dealkylation sites (tertiary alicyclic amines) is 2. The van der Waals surface area contributed by atoms with Gasteiger partial charge >= 0.3 is 6.09 Å². The number of nitrogens with zero attached hydrogens (tertiary/aromatic N) is 7. The van der Waals surface area contributed by atoms with Crippen molar-refractivity contribution in [3.63, 3.8) is 0 Å². The fourth-order valence-corrected chi connectivity index (χ4v) is 9.03. The van der Waals surface area contributed by atoms with E-state index in [1.165, 1.54) is 30.0 Å². The summed E-state index contributed by atoms with van der Waals surface area (Å²) in [6, 6.07) is 15.4. The van der Waals surface area contributed by atoms with Crippen molar-refractivity contribution in [2.24, 2.45) is 0 Å². The van der Waals surface area contributed by atoms with Crippen LogP contribution in [0.2, 0.25) is 0 Å². The topological polar surface area (TPSA) is 233 Å². The Morgan fingerprint density at radius 3 is 2.06 bits per heavy atom. The van der Waals surface area contributed by atoms with Crippen LogP contribution in [-0.4, -0.2) is 120 Å². The van der Waals surface area contributed by atoms with Crippen LogP contribution in [0.1, 0.15) is 115 Å². The third kappa shape index (κ3) is 11.9. The highest BCUT2D eigenvalue weighted by molar-refractivity contribution is 5.90. The highest BCUT2D eigenvalue weighted by atomic mass is 19.1. The molecule has 5 amide bonds. The first-order chi connectivity index (χ1) is 34.6. The molecule has 0 bridgehead atoms. The van der Waals surface area contributed by atoms with Gasteiger partial charge in [0.15, 0.2) is 0 Å². The van der Waals surface area contributed by atoms with Crippen molar-refractivity contribution in [2.75, 3.05) is 20.2 Å². The molecule has 3 aliphatic rings. The Kier molecular flexibility index (Phi) is 15.5. The Bertz CT molecular complexity index is 2930. The molecule has 0 spiro atoms. The van der Waals surface area contributed by atoms with E-state index in [0.717, 1.165) is 23.7 Å². The van der Waals surface area contributed by atoms with Crippen LogP contribution in [0.15, 0.2) is 79.1 Å². The summed E-state index contributed by atoms with van der Waals surface area (Å²) in [7, 11) is 1.25. The minimum Gasteiger partial charge on any atom is -0.453 e. The molecule has 72 heavy (non-hydrogen) atoms. The quantitative estimate of drug-likeness (QED) is 0.0642. The van der Waals surface area contributed by atoms with E-state index in [-0.39, 0.29) is 62.3 Å². The van der Waals surface area contributed by atoms with E-state index in [9.17, 15) is 41.5 Å². The molecule has 9 rings (SSSR count). The normalized spacial score (nSPS) is 19.3. The van der Waals surface area contributed by atoms with Crippen molar-refractivity contribution in [3.8, 4) is 0 Å². The Morgan fingerprint density at radius 2 is 1.44 bits per heavy atom. The van der Waals surface area contributed by atoms with Crippen LogP contribution in [0.5, 0.6) is 0 Å². The molecule has 1 aliphatic carbocycles. The van der Waals surface area contributed by atoms with Crippen LogP contribution in [0, 0.1) is 11.9 Å². The van der Waals surface area contributed by atoms with Gasteiger partial charge in [0.05, 0.1) is 73.7 Å². The number of rotatable bonds is 14. The maximum atomic E-state index is 14.9. The van der Waals surface area contributed by atoms with Gasteiger partial charge < -0.3 is 30.5 Å². The molecule has 6 unspecified atom stereocenters. The summed E-state index contributed by atoms with van der Waals surface area (Å²) in [6.07, 6.45) is 1.34. The number of pyridine rings is 2. The van der Waals surface area contributed by atoms with E-state index in [4.69, 9.17) is 0 Å². The van der Waals surface area contributed by atoms with Gasteiger partial charge in [-0.25, -0.2) is 23.5 Å². The Morgan fingerprint density at radius 1 is 0.792 bits per heavy atom. The minimum absolute atomic E-state index is 0.0693. The average molecular weight is 995 g/mol. The van der Waals surface area contributed by atoms with Gasteiger partial charge in [0.1, 0.15) is 24.4 Å². The zero-order valence-electron chi connectivity index (χ0n) is 39.9. The van der Waals surface area contributed by atoms with Gasteiger partial charge in [0, 0.05) is 42.8 Å². The van der Waals surface area contributed by atoms with Gasteiger partial charge in [-0.1, -0.05) is 67.6 Å². The lowest BCUT2D eigenvalue weighted by molar-refractivity contribution is -0.138. The zero-order valence-corrected chi connectivity index (χ0v) is 39.9. The smallest absolute Gasteiger partial charge is 0.407 e. The molecular weight excluding hydrogens is 941 g/mol. The van der Waals surface area contributed by atoms with Crippen LogP contribution >= 0.6 is 0 Å². The van der Waals surface area contributed by atoms with E-state index in [2.05, 4.69) is 56.3 Å². The molecule has 18 nitrogen and oxygen atoms in total. The van der Waals surface area contributed by atoms with Crippen molar-refractivity contribution in [2.45, 2.75) is 108 Å². The monoisotopic (exact) mass is 994 g/mol. The maximum Gasteiger partial charge on any atom is 0.407 e. The van der Waals surface area contributed by atoms with Crippen LogP contribution < -0.4 is 16.0 Å². The lowest BCUT2D eigenvalue weighted by Crippen LogP contribution is -2.47. The average Bonchev–Trinajstić information content (AvgIpc) is 3.70. The van der Waals surface area contributed by atoms with Crippen LogP contribution in [0.4, 0.5) is 22.4 Å². The Balaban J connectivity index is 0.000000197. The molecule has 6 atom stereocenters. The molecule has 2 aliphatic heterocycles. The first-order valence-electron chi connectivity index (χ1n) is 23.5. The number of H-pyrrole nitrogens is 2. The number of aromatic nitrogens is 7. The first-order valence-corrected chi connectivity index (χ1v) is 23.5. The number of hydrogen-bond acceptors (Lipinski definition) is 11. The summed E-state index contributed by atoms with van der Waals surface area (Å²) in [5, 5.41) is 25.9.